The van der Waals surface area contributed by atoms with Gasteiger partial charge in [0.15, 0.2) is 0 Å². The van der Waals surface area contributed by atoms with Crippen LogP contribution in [0.4, 0.5) is 0 Å². The number of nitrogens with one attached hydrogen (secondary N) is 2. The van der Waals surface area contributed by atoms with E-state index in [2.05, 4.69) is 23.6 Å². The minimum absolute atomic E-state index is 0. The molecule has 1 amide bonds. The van der Waals surface area contributed by atoms with E-state index in [0.717, 1.165) is 43.0 Å². The van der Waals surface area contributed by atoms with E-state index >= 15 is 0 Å². The summed E-state index contributed by atoms with van der Waals surface area (Å²) in [5, 5.41) is 6.24. The SMILES string of the molecule is CCOc1cc2c(cc1CNC(=O)C1CCNC1)OC(C)C2.Cl. The summed E-state index contributed by atoms with van der Waals surface area (Å²) in [4.78, 5) is 12.2. The fourth-order valence-electron chi connectivity index (χ4n) is 3.11. The first-order valence-electron chi connectivity index (χ1n) is 8.11. The van der Waals surface area contributed by atoms with E-state index in [-0.39, 0.29) is 30.3 Å². The molecule has 0 saturated carbocycles. The van der Waals surface area contributed by atoms with Gasteiger partial charge in [-0.25, -0.2) is 0 Å². The number of rotatable bonds is 5. The first-order chi connectivity index (χ1) is 10.7. The molecule has 23 heavy (non-hydrogen) atoms. The maximum atomic E-state index is 12.2. The lowest BCUT2D eigenvalue weighted by Gasteiger charge is -2.15. The van der Waals surface area contributed by atoms with Crippen molar-refractivity contribution in [3.05, 3.63) is 23.3 Å². The lowest BCUT2D eigenvalue weighted by molar-refractivity contribution is -0.124. The minimum atomic E-state index is 0. The van der Waals surface area contributed by atoms with Crippen molar-refractivity contribution < 1.29 is 14.3 Å². The van der Waals surface area contributed by atoms with E-state index in [1.165, 1.54) is 5.56 Å². The third-order valence-corrected chi connectivity index (χ3v) is 4.26. The number of benzene rings is 1. The molecule has 3 rings (SSSR count). The zero-order chi connectivity index (χ0) is 15.5. The van der Waals surface area contributed by atoms with Gasteiger partial charge in [-0.15, -0.1) is 12.4 Å². The van der Waals surface area contributed by atoms with Crippen LogP contribution in [0.1, 0.15) is 31.4 Å². The van der Waals surface area contributed by atoms with Gasteiger partial charge in [0.25, 0.3) is 0 Å². The van der Waals surface area contributed by atoms with Gasteiger partial charge in [0.05, 0.1) is 12.5 Å². The molecule has 6 heteroatoms. The van der Waals surface area contributed by atoms with Crippen molar-refractivity contribution in [2.75, 3.05) is 19.7 Å². The van der Waals surface area contributed by atoms with Gasteiger partial charge >= 0.3 is 0 Å². The summed E-state index contributed by atoms with van der Waals surface area (Å²) >= 11 is 0. The topological polar surface area (TPSA) is 59.6 Å². The van der Waals surface area contributed by atoms with Gasteiger partial charge in [-0.2, -0.15) is 0 Å². The van der Waals surface area contributed by atoms with Crippen LogP contribution in [0.3, 0.4) is 0 Å². The number of carbonyl (C=O) groups is 1. The molecule has 2 atom stereocenters. The van der Waals surface area contributed by atoms with Crippen molar-refractivity contribution in [3.63, 3.8) is 0 Å². The van der Waals surface area contributed by atoms with Crippen LogP contribution in [0.5, 0.6) is 11.5 Å². The van der Waals surface area contributed by atoms with Crippen molar-refractivity contribution in [1.82, 2.24) is 10.6 Å². The maximum Gasteiger partial charge on any atom is 0.224 e. The molecule has 2 heterocycles. The summed E-state index contributed by atoms with van der Waals surface area (Å²) < 4.78 is 11.5. The van der Waals surface area contributed by atoms with E-state index < -0.39 is 0 Å². The van der Waals surface area contributed by atoms with Crippen molar-refractivity contribution in [1.29, 1.82) is 0 Å². The first kappa shape index (κ1) is 17.9. The second kappa shape index (κ2) is 7.88. The second-order valence-electron chi connectivity index (χ2n) is 6.04. The van der Waals surface area contributed by atoms with Crippen molar-refractivity contribution in [2.24, 2.45) is 5.92 Å². The monoisotopic (exact) mass is 340 g/mol. The Kier molecular flexibility index (Phi) is 6.13. The highest BCUT2D eigenvalue weighted by Gasteiger charge is 2.24. The fraction of sp³-hybridized carbons (Fsp3) is 0.588. The van der Waals surface area contributed by atoms with E-state index in [4.69, 9.17) is 9.47 Å². The zero-order valence-corrected chi connectivity index (χ0v) is 14.5. The predicted molar refractivity (Wildman–Crippen MR) is 91.5 cm³/mol. The highest BCUT2D eigenvalue weighted by molar-refractivity contribution is 5.85. The number of halogens is 1. The zero-order valence-electron chi connectivity index (χ0n) is 13.7. The molecular weight excluding hydrogens is 316 g/mol. The highest BCUT2D eigenvalue weighted by Crippen LogP contribution is 2.35. The molecule has 2 aliphatic heterocycles. The Balaban J connectivity index is 0.00000192. The molecule has 0 aromatic heterocycles. The molecule has 2 unspecified atom stereocenters. The highest BCUT2D eigenvalue weighted by atomic mass is 35.5. The standard InChI is InChI=1S/C17H24N2O3.ClH/c1-3-21-15-7-13-6-11(2)22-16(13)8-14(15)10-19-17(20)12-4-5-18-9-12;/h7-8,11-12,18H,3-6,9-10H2,1-2H3,(H,19,20);1H. The molecule has 0 radical (unpaired) electrons. The number of hydrogen-bond donors (Lipinski definition) is 2. The molecule has 1 aromatic rings. The summed E-state index contributed by atoms with van der Waals surface area (Å²) in [7, 11) is 0. The molecule has 2 N–H and O–H groups in total. The van der Waals surface area contributed by atoms with Crippen molar-refractivity contribution in [2.45, 2.75) is 39.3 Å². The summed E-state index contributed by atoms with van der Waals surface area (Å²) in [6.45, 7) is 6.83. The van der Waals surface area contributed by atoms with E-state index in [1.54, 1.807) is 0 Å². The number of amides is 1. The van der Waals surface area contributed by atoms with Crippen LogP contribution in [0.2, 0.25) is 0 Å². The quantitative estimate of drug-likeness (QED) is 0.861. The predicted octanol–water partition coefficient (Wildman–Crippen LogP) is 2.06. The third kappa shape index (κ3) is 4.09. The van der Waals surface area contributed by atoms with Gasteiger partial charge < -0.3 is 20.1 Å². The van der Waals surface area contributed by atoms with Crippen LogP contribution < -0.4 is 20.1 Å². The molecule has 1 aromatic carbocycles. The van der Waals surface area contributed by atoms with Crippen LogP contribution in [0.15, 0.2) is 12.1 Å². The summed E-state index contributed by atoms with van der Waals surface area (Å²) in [5.74, 6) is 1.97. The summed E-state index contributed by atoms with van der Waals surface area (Å²) in [6, 6.07) is 4.07. The molecule has 5 nitrogen and oxygen atoms in total. The number of carbonyl (C=O) groups excluding carboxylic acids is 1. The molecular formula is C17H25ClN2O3. The Morgan fingerprint density at radius 2 is 2.30 bits per heavy atom. The Bertz CT molecular complexity index is 559. The van der Waals surface area contributed by atoms with Gasteiger partial charge in [0.2, 0.25) is 5.91 Å². The molecule has 0 bridgehead atoms. The minimum Gasteiger partial charge on any atom is -0.494 e. The lowest BCUT2D eigenvalue weighted by atomic mass is 10.1. The van der Waals surface area contributed by atoms with Gasteiger partial charge in [0, 0.05) is 30.6 Å². The number of hydrogen-bond acceptors (Lipinski definition) is 4. The Morgan fingerprint density at radius 3 is 3.00 bits per heavy atom. The van der Waals surface area contributed by atoms with Crippen LogP contribution in [0, 0.1) is 5.92 Å². The number of ether oxygens (including phenoxy) is 2. The van der Waals surface area contributed by atoms with Crippen LogP contribution in [-0.2, 0) is 17.8 Å². The fourth-order valence-corrected chi connectivity index (χ4v) is 3.11. The Hall–Kier alpha value is -1.46. The molecule has 0 spiro atoms. The summed E-state index contributed by atoms with van der Waals surface area (Å²) in [5.41, 5.74) is 2.17. The Labute approximate surface area is 143 Å². The lowest BCUT2D eigenvalue weighted by Crippen LogP contribution is -2.31. The molecule has 1 saturated heterocycles. The maximum absolute atomic E-state index is 12.2. The average molecular weight is 341 g/mol. The first-order valence-corrected chi connectivity index (χ1v) is 8.11. The smallest absolute Gasteiger partial charge is 0.224 e. The molecule has 1 fully saturated rings. The van der Waals surface area contributed by atoms with Crippen LogP contribution in [-0.4, -0.2) is 31.7 Å². The van der Waals surface area contributed by atoms with Crippen molar-refractivity contribution in [3.8, 4) is 11.5 Å². The molecule has 128 valence electrons. The van der Waals surface area contributed by atoms with Gasteiger partial charge in [0.1, 0.15) is 17.6 Å². The average Bonchev–Trinajstić information content (AvgIpc) is 3.13. The third-order valence-electron chi connectivity index (χ3n) is 4.26. The van der Waals surface area contributed by atoms with E-state index in [0.29, 0.717) is 13.2 Å². The van der Waals surface area contributed by atoms with Crippen LogP contribution in [0.25, 0.3) is 0 Å². The largest absolute Gasteiger partial charge is 0.494 e. The Morgan fingerprint density at radius 1 is 1.48 bits per heavy atom. The van der Waals surface area contributed by atoms with Gasteiger partial charge in [-0.1, -0.05) is 0 Å². The normalized spacial score (nSPS) is 22.0. The van der Waals surface area contributed by atoms with E-state index in [1.807, 2.05) is 13.0 Å². The van der Waals surface area contributed by atoms with Crippen molar-refractivity contribution >= 4 is 18.3 Å². The number of fused-ring (bicyclic) bond motifs is 1. The summed E-state index contributed by atoms with van der Waals surface area (Å²) in [6.07, 6.45) is 2.03. The molecule has 0 aliphatic carbocycles. The molecule has 2 aliphatic rings. The van der Waals surface area contributed by atoms with Gasteiger partial charge in [-0.3, -0.25) is 4.79 Å². The van der Waals surface area contributed by atoms with E-state index in [9.17, 15) is 4.79 Å². The van der Waals surface area contributed by atoms with Crippen LogP contribution >= 0.6 is 12.4 Å². The van der Waals surface area contributed by atoms with Gasteiger partial charge in [-0.05, 0) is 38.9 Å². The second-order valence-corrected chi connectivity index (χ2v) is 6.04.